The second kappa shape index (κ2) is 3.90. The molecule has 2 rings (SSSR count). The van der Waals surface area contributed by atoms with Gasteiger partial charge in [0, 0.05) is 13.1 Å². The molecular formula is C12H13FN2. The Labute approximate surface area is 88.9 Å². The highest BCUT2D eigenvalue weighted by Gasteiger charge is 2.21. The van der Waals surface area contributed by atoms with Crippen LogP contribution in [-0.2, 0) is 0 Å². The minimum atomic E-state index is -0.289. The monoisotopic (exact) mass is 204 g/mol. The molecule has 0 saturated carbocycles. The molecule has 0 aliphatic carbocycles. The maximum Gasteiger partial charge on any atom is 0.147 e. The summed E-state index contributed by atoms with van der Waals surface area (Å²) in [4.78, 5) is 2.04. The molecule has 0 aromatic heterocycles. The Kier molecular flexibility index (Phi) is 2.59. The van der Waals surface area contributed by atoms with Crippen molar-refractivity contribution in [3.63, 3.8) is 0 Å². The van der Waals surface area contributed by atoms with Gasteiger partial charge < -0.3 is 4.90 Å². The fourth-order valence-corrected chi connectivity index (χ4v) is 1.99. The van der Waals surface area contributed by atoms with Crippen molar-refractivity contribution >= 4 is 5.69 Å². The Morgan fingerprint density at radius 1 is 1.53 bits per heavy atom. The second-order valence-corrected chi connectivity index (χ2v) is 4.12. The molecule has 2 nitrogen and oxygen atoms in total. The van der Waals surface area contributed by atoms with E-state index in [9.17, 15) is 4.39 Å². The van der Waals surface area contributed by atoms with Crippen molar-refractivity contribution in [2.45, 2.75) is 13.3 Å². The van der Waals surface area contributed by atoms with Crippen molar-refractivity contribution in [1.82, 2.24) is 0 Å². The van der Waals surface area contributed by atoms with E-state index in [-0.39, 0.29) is 5.82 Å². The van der Waals surface area contributed by atoms with Gasteiger partial charge in [-0.25, -0.2) is 4.39 Å². The van der Waals surface area contributed by atoms with Crippen molar-refractivity contribution in [3.05, 3.63) is 29.6 Å². The quantitative estimate of drug-likeness (QED) is 0.703. The average molecular weight is 204 g/mol. The van der Waals surface area contributed by atoms with Crippen LogP contribution in [0.25, 0.3) is 0 Å². The number of anilines is 1. The fraction of sp³-hybridized carbons (Fsp3) is 0.417. The molecule has 1 aromatic carbocycles. The molecule has 0 radical (unpaired) electrons. The number of hydrogen-bond donors (Lipinski definition) is 0. The summed E-state index contributed by atoms with van der Waals surface area (Å²) in [5, 5.41) is 8.63. The summed E-state index contributed by atoms with van der Waals surface area (Å²) in [5.74, 6) is 0.336. The third-order valence-electron chi connectivity index (χ3n) is 2.84. The molecule has 1 aromatic rings. The van der Waals surface area contributed by atoms with Crippen LogP contribution in [0.2, 0.25) is 0 Å². The van der Waals surface area contributed by atoms with Crippen LogP contribution >= 0.6 is 0 Å². The van der Waals surface area contributed by atoms with Crippen molar-refractivity contribution in [3.8, 4) is 6.07 Å². The molecule has 1 atom stereocenters. The van der Waals surface area contributed by atoms with Crippen LogP contribution in [-0.4, -0.2) is 13.1 Å². The van der Waals surface area contributed by atoms with Crippen molar-refractivity contribution in [2.75, 3.05) is 18.0 Å². The smallest absolute Gasteiger partial charge is 0.147 e. The van der Waals surface area contributed by atoms with Gasteiger partial charge in [-0.2, -0.15) is 5.26 Å². The van der Waals surface area contributed by atoms with Gasteiger partial charge in [-0.15, -0.1) is 0 Å². The standard InChI is InChI=1S/C12H13FN2/c1-9-4-5-15(8-9)12-3-2-10(7-14)6-11(12)13/h2-3,6,9H,4-5,8H2,1H3. The van der Waals surface area contributed by atoms with Gasteiger partial charge in [0.05, 0.1) is 17.3 Å². The van der Waals surface area contributed by atoms with Crippen LogP contribution in [0.1, 0.15) is 18.9 Å². The van der Waals surface area contributed by atoms with Gasteiger partial charge in [0.2, 0.25) is 0 Å². The van der Waals surface area contributed by atoms with Crippen LogP contribution in [0.3, 0.4) is 0 Å². The number of halogens is 1. The van der Waals surface area contributed by atoms with E-state index in [0.717, 1.165) is 19.5 Å². The number of nitriles is 1. The minimum Gasteiger partial charge on any atom is -0.369 e. The first kappa shape index (κ1) is 9.97. The van der Waals surface area contributed by atoms with Gasteiger partial charge in [-0.1, -0.05) is 6.92 Å². The van der Waals surface area contributed by atoms with Gasteiger partial charge in [0.15, 0.2) is 0 Å². The molecule has 1 fully saturated rings. The number of rotatable bonds is 1. The van der Waals surface area contributed by atoms with Gasteiger partial charge in [-0.05, 0) is 30.5 Å². The maximum atomic E-state index is 13.6. The highest BCUT2D eigenvalue weighted by atomic mass is 19.1. The van der Waals surface area contributed by atoms with Crippen molar-refractivity contribution in [1.29, 1.82) is 5.26 Å². The summed E-state index contributed by atoms with van der Waals surface area (Å²) >= 11 is 0. The number of nitrogens with zero attached hydrogens (tertiary/aromatic N) is 2. The first-order valence-electron chi connectivity index (χ1n) is 5.15. The molecular weight excluding hydrogens is 191 g/mol. The number of benzene rings is 1. The average Bonchev–Trinajstić information content (AvgIpc) is 2.64. The lowest BCUT2D eigenvalue weighted by atomic mass is 10.2. The van der Waals surface area contributed by atoms with Crippen LogP contribution < -0.4 is 4.90 Å². The van der Waals surface area contributed by atoms with Gasteiger partial charge in [0.1, 0.15) is 5.82 Å². The predicted octanol–water partition coefficient (Wildman–Crippen LogP) is 2.54. The molecule has 1 saturated heterocycles. The molecule has 0 N–H and O–H groups in total. The zero-order chi connectivity index (χ0) is 10.8. The fourth-order valence-electron chi connectivity index (χ4n) is 1.99. The lowest BCUT2D eigenvalue weighted by molar-refractivity contribution is 0.619. The largest absolute Gasteiger partial charge is 0.369 e. The molecule has 3 heteroatoms. The number of hydrogen-bond acceptors (Lipinski definition) is 2. The summed E-state index contributed by atoms with van der Waals surface area (Å²) in [7, 11) is 0. The van der Waals surface area contributed by atoms with Crippen molar-refractivity contribution in [2.24, 2.45) is 5.92 Å². The lowest BCUT2D eigenvalue weighted by Crippen LogP contribution is -2.20. The van der Waals surface area contributed by atoms with E-state index in [2.05, 4.69) is 6.92 Å². The molecule has 0 bridgehead atoms. The summed E-state index contributed by atoms with van der Waals surface area (Å²) in [6, 6.07) is 6.61. The Balaban J connectivity index is 2.26. The second-order valence-electron chi connectivity index (χ2n) is 4.12. The first-order chi connectivity index (χ1) is 7.20. The SMILES string of the molecule is CC1CCN(c2ccc(C#N)cc2F)C1. The first-order valence-corrected chi connectivity index (χ1v) is 5.15. The van der Waals surface area contributed by atoms with Crippen LogP contribution in [0.5, 0.6) is 0 Å². The predicted molar refractivity (Wildman–Crippen MR) is 57.1 cm³/mol. The van der Waals surface area contributed by atoms with Crippen LogP contribution in [0.15, 0.2) is 18.2 Å². The Morgan fingerprint density at radius 2 is 2.33 bits per heavy atom. The van der Waals surface area contributed by atoms with E-state index in [1.54, 1.807) is 12.1 Å². The Bertz CT molecular complexity index is 409. The van der Waals surface area contributed by atoms with E-state index in [4.69, 9.17) is 5.26 Å². The normalized spacial score (nSPS) is 20.3. The lowest BCUT2D eigenvalue weighted by Gasteiger charge is -2.18. The zero-order valence-corrected chi connectivity index (χ0v) is 8.70. The van der Waals surface area contributed by atoms with E-state index in [0.29, 0.717) is 17.2 Å². The molecule has 1 aliphatic heterocycles. The Morgan fingerprint density at radius 3 is 2.87 bits per heavy atom. The molecule has 0 amide bonds. The summed E-state index contributed by atoms with van der Waals surface area (Å²) in [6.45, 7) is 3.98. The highest BCUT2D eigenvalue weighted by molar-refractivity contribution is 5.51. The van der Waals surface area contributed by atoms with E-state index in [1.807, 2.05) is 11.0 Å². The summed E-state index contributed by atoms with van der Waals surface area (Å²) in [6.07, 6.45) is 1.11. The maximum absolute atomic E-state index is 13.6. The molecule has 0 spiro atoms. The van der Waals surface area contributed by atoms with Gasteiger partial charge >= 0.3 is 0 Å². The molecule has 78 valence electrons. The molecule has 1 heterocycles. The van der Waals surface area contributed by atoms with Crippen LogP contribution in [0.4, 0.5) is 10.1 Å². The molecule has 1 unspecified atom stereocenters. The topological polar surface area (TPSA) is 27.0 Å². The van der Waals surface area contributed by atoms with Crippen LogP contribution in [0, 0.1) is 23.1 Å². The minimum absolute atomic E-state index is 0.289. The van der Waals surface area contributed by atoms with Gasteiger partial charge in [0.25, 0.3) is 0 Å². The van der Waals surface area contributed by atoms with E-state index >= 15 is 0 Å². The summed E-state index contributed by atoms with van der Waals surface area (Å²) in [5.41, 5.74) is 1.00. The van der Waals surface area contributed by atoms with E-state index < -0.39 is 0 Å². The van der Waals surface area contributed by atoms with E-state index in [1.165, 1.54) is 6.07 Å². The van der Waals surface area contributed by atoms with Crippen molar-refractivity contribution < 1.29 is 4.39 Å². The zero-order valence-electron chi connectivity index (χ0n) is 8.70. The third kappa shape index (κ3) is 1.94. The summed E-state index contributed by atoms with van der Waals surface area (Å²) < 4.78 is 13.6. The molecule has 15 heavy (non-hydrogen) atoms. The van der Waals surface area contributed by atoms with Gasteiger partial charge in [-0.3, -0.25) is 0 Å². The highest BCUT2D eigenvalue weighted by Crippen LogP contribution is 2.26. The molecule has 1 aliphatic rings. The third-order valence-corrected chi connectivity index (χ3v) is 2.84. The Hall–Kier alpha value is -1.56.